The normalized spacial score (nSPS) is 14.6. The van der Waals surface area contributed by atoms with E-state index in [1.165, 1.54) is 9.44 Å². The quantitative estimate of drug-likeness (QED) is 0.532. The third kappa shape index (κ3) is 6.03. The second-order valence-electron chi connectivity index (χ2n) is 6.56. The molecular formula is C18H12F6N4O4S2. The monoisotopic (exact) mass is 526 g/mol. The molecule has 2 rings (SSSR count). The maximum atomic E-state index is 13.1. The largest absolute Gasteiger partial charge is 0.511 e. The summed E-state index contributed by atoms with van der Waals surface area (Å²) < 4.78 is 128. The van der Waals surface area contributed by atoms with Crippen LogP contribution < -0.4 is 9.44 Å². The van der Waals surface area contributed by atoms with Gasteiger partial charge in [-0.1, -0.05) is 24.3 Å². The lowest BCUT2D eigenvalue weighted by atomic mass is 9.94. The number of nitrogens with zero attached hydrogens (tertiary/aromatic N) is 2. The standard InChI is InChI=1S/C18H12F6N4O4S2/c19-17(20,21)33(29,30)27-15(13-5-1-11(9-25)2-6-13)16(28-34(31,32)18(22,23)24)14-7-3-12(10-26)4-8-14/h1-8,15-16,27-28H/t15-,16-/m1/s1. The van der Waals surface area contributed by atoms with Gasteiger partial charge in [-0.3, -0.25) is 0 Å². The average molecular weight is 526 g/mol. The SMILES string of the molecule is N#Cc1ccc([C@@H](NS(=O)(=O)C(F)(F)F)[C@H](NS(=O)(=O)C(F)(F)F)c2ccc(C#N)cc2)cc1. The first-order chi connectivity index (χ1) is 15.5. The fourth-order valence-electron chi connectivity index (χ4n) is 2.65. The number of nitriles is 2. The molecule has 182 valence electrons. The van der Waals surface area contributed by atoms with E-state index in [1.807, 2.05) is 0 Å². The lowest BCUT2D eigenvalue weighted by Crippen LogP contribution is -2.47. The van der Waals surface area contributed by atoms with Crippen LogP contribution >= 0.6 is 0 Å². The number of hydrogen-bond donors (Lipinski definition) is 2. The van der Waals surface area contributed by atoms with E-state index in [1.54, 1.807) is 12.1 Å². The summed E-state index contributed by atoms with van der Waals surface area (Å²) in [6.07, 6.45) is 0. The number of hydrogen-bond acceptors (Lipinski definition) is 6. The van der Waals surface area contributed by atoms with Gasteiger partial charge < -0.3 is 0 Å². The lowest BCUT2D eigenvalue weighted by molar-refractivity contribution is -0.0465. The van der Waals surface area contributed by atoms with Gasteiger partial charge >= 0.3 is 31.1 Å². The second kappa shape index (κ2) is 9.59. The van der Waals surface area contributed by atoms with E-state index in [0.717, 1.165) is 48.5 Å². The van der Waals surface area contributed by atoms with E-state index >= 15 is 0 Å². The van der Waals surface area contributed by atoms with Crippen molar-refractivity contribution in [3.05, 3.63) is 70.8 Å². The Kier molecular flexibility index (Phi) is 7.63. The van der Waals surface area contributed by atoms with E-state index in [9.17, 15) is 43.2 Å². The Bertz CT molecular complexity index is 1220. The molecule has 2 atom stereocenters. The molecule has 0 heterocycles. The highest BCUT2D eigenvalue weighted by atomic mass is 32.2. The Morgan fingerprint density at radius 3 is 1.09 bits per heavy atom. The first-order valence-electron chi connectivity index (χ1n) is 8.70. The van der Waals surface area contributed by atoms with E-state index < -0.39 is 54.3 Å². The van der Waals surface area contributed by atoms with Crippen molar-refractivity contribution >= 4 is 20.0 Å². The minimum atomic E-state index is -6.20. The van der Waals surface area contributed by atoms with Gasteiger partial charge in [0.1, 0.15) is 0 Å². The van der Waals surface area contributed by atoms with Gasteiger partial charge in [0.2, 0.25) is 0 Å². The molecule has 0 saturated carbocycles. The molecule has 0 saturated heterocycles. The zero-order valence-corrected chi connectivity index (χ0v) is 18.0. The van der Waals surface area contributed by atoms with E-state index in [0.29, 0.717) is 0 Å². The Balaban J connectivity index is 2.76. The predicted octanol–water partition coefficient (Wildman–Crippen LogP) is 3.09. The van der Waals surface area contributed by atoms with Crippen LogP contribution in [0.1, 0.15) is 34.3 Å². The highest BCUT2D eigenvalue weighted by Crippen LogP contribution is 2.35. The molecule has 34 heavy (non-hydrogen) atoms. The molecule has 0 fully saturated rings. The van der Waals surface area contributed by atoms with E-state index in [2.05, 4.69) is 0 Å². The lowest BCUT2D eigenvalue weighted by Gasteiger charge is -2.30. The van der Waals surface area contributed by atoms with Crippen LogP contribution in [0.4, 0.5) is 26.3 Å². The van der Waals surface area contributed by atoms with Gasteiger partial charge in [-0.15, -0.1) is 0 Å². The maximum absolute atomic E-state index is 13.1. The van der Waals surface area contributed by atoms with Gasteiger partial charge in [0.05, 0.1) is 35.3 Å². The maximum Gasteiger partial charge on any atom is 0.511 e. The molecule has 0 spiro atoms. The van der Waals surface area contributed by atoms with Gasteiger partial charge in [0.25, 0.3) is 0 Å². The molecule has 8 nitrogen and oxygen atoms in total. The molecule has 0 unspecified atom stereocenters. The Labute approximate surface area is 189 Å². The molecule has 0 aliphatic carbocycles. The van der Waals surface area contributed by atoms with Crippen LogP contribution in [0.15, 0.2) is 48.5 Å². The molecular weight excluding hydrogens is 514 g/mol. The summed E-state index contributed by atoms with van der Waals surface area (Å²) in [5, 5.41) is 17.8. The van der Waals surface area contributed by atoms with Crippen molar-refractivity contribution < 1.29 is 43.2 Å². The molecule has 0 aliphatic rings. The van der Waals surface area contributed by atoms with Crippen molar-refractivity contribution in [3.63, 3.8) is 0 Å². The van der Waals surface area contributed by atoms with Crippen LogP contribution in [0, 0.1) is 22.7 Å². The summed E-state index contributed by atoms with van der Waals surface area (Å²) in [6.45, 7) is 0. The topological polar surface area (TPSA) is 140 Å². The van der Waals surface area contributed by atoms with Crippen molar-refractivity contribution in [1.82, 2.24) is 9.44 Å². The smallest absolute Gasteiger partial charge is 0.203 e. The van der Waals surface area contributed by atoms with Crippen molar-refractivity contribution in [1.29, 1.82) is 10.5 Å². The van der Waals surface area contributed by atoms with Crippen LogP contribution in [-0.2, 0) is 20.0 Å². The van der Waals surface area contributed by atoms with Crippen LogP contribution in [0.2, 0.25) is 0 Å². The highest BCUT2D eigenvalue weighted by Gasteiger charge is 2.51. The van der Waals surface area contributed by atoms with Gasteiger partial charge in [-0.05, 0) is 35.4 Å². The average Bonchev–Trinajstić information content (AvgIpc) is 2.74. The van der Waals surface area contributed by atoms with Crippen LogP contribution in [-0.4, -0.2) is 27.9 Å². The van der Waals surface area contributed by atoms with Crippen molar-refractivity contribution in [3.8, 4) is 12.1 Å². The first kappa shape index (κ1) is 27.1. The zero-order valence-electron chi connectivity index (χ0n) is 16.4. The Morgan fingerprint density at radius 2 is 0.882 bits per heavy atom. The summed E-state index contributed by atoms with van der Waals surface area (Å²) in [4.78, 5) is 0. The van der Waals surface area contributed by atoms with Crippen LogP contribution in [0.25, 0.3) is 0 Å². The number of benzene rings is 2. The van der Waals surface area contributed by atoms with Crippen LogP contribution in [0.5, 0.6) is 0 Å². The fraction of sp³-hybridized carbons (Fsp3) is 0.222. The number of halogens is 6. The summed E-state index contributed by atoms with van der Waals surface area (Å²) in [5.74, 6) is 0. The van der Waals surface area contributed by atoms with Crippen LogP contribution in [0.3, 0.4) is 0 Å². The highest BCUT2D eigenvalue weighted by molar-refractivity contribution is 7.90. The van der Waals surface area contributed by atoms with Crippen molar-refractivity contribution in [2.75, 3.05) is 0 Å². The summed E-state index contributed by atoms with van der Waals surface area (Å²) in [6, 6.07) is 6.80. The number of alkyl halides is 6. The molecule has 2 aromatic rings. The number of rotatable bonds is 7. The van der Waals surface area contributed by atoms with Gasteiger partial charge in [-0.2, -0.15) is 46.3 Å². The molecule has 16 heteroatoms. The minimum Gasteiger partial charge on any atom is -0.203 e. The minimum absolute atomic E-state index is 0.0213. The summed E-state index contributed by atoms with van der Waals surface area (Å²) in [7, 11) is -12.4. The van der Waals surface area contributed by atoms with Gasteiger partial charge in [0.15, 0.2) is 0 Å². The number of nitrogens with one attached hydrogen (secondary N) is 2. The zero-order chi connectivity index (χ0) is 25.9. The predicted molar refractivity (Wildman–Crippen MR) is 104 cm³/mol. The van der Waals surface area contributed by atoms with Gasteiger partial charge in [0, 0.05) is 0 Å². The summed E-state index contributed by atoms with van der Waals surface area (Å²) >= 11 is 0. The van der Waals surface area contributed by atoms with E-state index in [-0.39, 0.29) is 11.1 Å². The van der Waals surface area contributed by atoms with Crippen molar-refractivity contribution in [2.45, 2.75) is 23.1 Å². The van der Waals surface area contributed by atoms with Crippen molar-refractivity contribution in [2.24, 2.45) is 0 Å². The fourth-order valence-corrected chi connectivity index (χ4v) is 4.14. The third-order valence-corrected chi connectivity index (χ3v) is 6.65. The molecule has 0 aliphatic heterocycles. The first-order valence-corrected chi connectivity index (χ1v) is 11.7. The molecule has 2 aromatic carbocycles. The summed E-state index contributed by atoms with van der Waals surface area (Å²) in [5.41, 5.74) is -12.6. The number of sulfonamides is 2. The van der Waals surface area contributed by atoms with Gasteiger partial charge in [-0.25, -0.2) is 16.8 Å². The molecule has 0 radical (unpaired) electrons. The molecule has 0 bridgehead atoms. The molecule has 0 amide bonds. The Hall–Kier alpha value is -3.18. The molecule has 0 aromatic heterocycles. The second-order valence-corrected chi connectivity index (χ2v) is 9.97. The third-order valence-electron chi connectivity index (χ3n) is 4.30. The molecule has 2 N–H and O–H groups in total. The Morgan fingerprint density at radius 1 is 0.618 bits per heavy atom. The van der Waals surface area contributed by atoms with E-state index in [4.69, 9.17) is 10.5 Å².